The predicted octanol–water partition coefficient (Wildman–Crippen LogP) is 5.99. The molecule has 0 N–H and O–H groups in total. The van der Waals surface area contributed by atoms with E-state index in [1.807, 2.05) is 24.3 Å². The highest BCUT2D eigenvalue weighted by atomic mass is 79.9. The number of benzene rings is 2. The summed E-state index contributed by atoms with van der Waals surface area (Å²) in [5.74, 6) is -0.320. The standard InChI is InChI=1S/C17H10BrCl2NO2S/c18-12-4-1-10(2-5-12)9-21-16(22)15(24-17(21)23)7-11-3-6-13(19)8-14(11)20/h1-8H,9H2/b15-7+. The van der Waals surface area contributed by atoms with E-state index in [4.69, 9.17) is 23.2 Å². The third-order valence-electron chi connectivity index (χ3n) is 3.38. The van der Waals surface area contributed by atoms with Crippen LogP contribution in [0.5, 0.6) is 0 Å². The van der Waals surface area contributed by atoms with Crippen molar-refractivity contribution in [2.45, 2.75) is 6.54 Å². The molecule has 1 saturated heterocycles. The average Bonchev–Trinajstić information content (AvgIpc) is 2.80. The van der Waals surface area contributed by atoms with Crippen LogP contribution in [0.4, 0.5) is 4.79 Å². The van der Waals surface area contributed by atoms with Crippen LogP contribution in [0.1, 0.15) is 11.1 Å². The summed E-state index contributed by atoms with van der Waals surface area (Å²) >= 11 is 16.3. The van der Waals surface area contributed by atoms with Gasteiger partial charge in [0.1, 0.15) is 0 Å². The van der Waals surface area contributed by atoms with E-state index < -0.39 is 0 Å². The summed E-state index contributed by atoms with van der Waals surface area (Å²) in [5, 5.41) is 0.655. The fourth-order valence-corrected chi connectivity index (χ4v) is 3.73. The molecule has 24 heavy (non-hydrogen) atoms. The molecule has 0 atom stereocenters. The minimum absolute atomic E-state index is 0.240. The Morgan fingerprint density at radius 1 is 1.08 bits per heavy atom. The summed E-state index contributed by atoms with van der Waals surface area (Å²) in [7, 11) is 0. The van der Waals surface area contributed by atoms with Crippen molar-refractivity contribution in [1.29, 1.82) is 0 Å². The van der Waals surface area contributed by atoms with Gasteiger partial charge in [0.2, 0.25) is 0 Å². The number of amides is 2. The normalized spacial score (nSPS) is 16.3. The van der Waals surface area contributed by atoms with Gasteiger partial charge in [-0.25, -0.2) is 0 Å². The van der Waals surface area contributed by atoms with Crippen LogP contribution in [0.3, 0.4) is 0 Å². The average molecular weight is 443 g/mol. The lowest BCUT2D eigenvalue weighted by atomic mass is 10.2. The molecule has 0 bridgehead atoms. The molecule has 0 aromatic heterocycles. The number of hydrogen-bond acceptors (Lipinski definition) is 3. The zero-order chi connectivity index (χ0) is 17.3. The van der Waals surface area contributed by atoms with E-state index in [0.717, 1.165) is 21.8 Å². The first-order valence-electron chi connectivity index (χ1n) is 6.89. The lowest BCUT2D eigenvalue weighted by Gasteiger charge is -2.12. The molecule has 2 aromatic carbocycles. The van der Waals surface area contributed by atoms with Crippen LogP contribution in [-0.4, -0.2) is 16.0 Å². The van der Waals surface area contributed by atoms with Crippen molar-refractivity contribution >= 4 is 68.1 Å². The molecule has 0 saturated carbocycles. The molecular formula is C17H10BrCl2NO2S. The summed E-state index contributed by atoms with van der Waals surface area (Å²) < 4.78 is 0.942. The van der Waals surface area contributed by atoms with E-state index in [1.54, 1.807) is 24.3 Å². The van der Waals surface area contributed by atoms with E-state index in [2.05, 4.69) is 15.9 Å². The van der Waals surface area contributed by atoms with E-state index in [-0.39, 0.29) is 17.7 Å². The Morgan fingerprint density at radius 3 is 2.46 bits per heavy atom. The minimum Gasteiger partial charge on any atom is -0.268 e. The zero-order valence-corrected chi connectivity index (χ0v) is 16.0. The molecule has 0 unspecified atom stereocenters. The Balaban J connectivity index is 1.83. The fraction of sp³-hybridized carbons (Fsp3) is 0.0588. The SMILES string of the molecule is O=C1S/C(=C/c2ccc(Cl)cc2Cl)C(=O)N1Cc1ccc(Br)cc1. The smallest absolute Gasteiger partial charge is 0.268 e. The largest absolute Gasteiger partial charge is 0.293 e. The van der Waals surface area contributed by atoms with E-state index in [9.17, 15) is 9.59 Å². The van der Waals surface area contributed by atoms with Crippen molar-refractivity contribution in [2.24, 2.45) is 0 Å². The maximum absolute atomic E-state index is 12.5. The Kier molecular flexibility index (Phi) is 5.35. The summed E-state index contributed by atoms with van der Waals surface area (Å²) in [5.41, 5.74) is 1.53. The molecule has 0 spiro atoms. The van der Waals surface area contributed by atoms with E-state index in [0.29, 0.717) is 20.5 Å². The van der Waals surface area contributed by atoms with Gasteiger partial charge < -0.3 is 0 Å². The molecule has 7 heteroatoms. The second-order valence-electron chi connectivity index (χ2n) is 5.06. The number of nitrogens with zero attached hydrogens (tertiary/aromatic N) is 1. The van der Waals surface area contributed by atoms with Gasteiger partial charge >= 0.3 is 0 Å². The maximum Gasteiger partial charge on any atom is 0.293 e. The Labute approximate surface area is 161 Å². The van der Waals surface area contributed by atoms with E-state index in [1.165, 1.54) is 4.90 Å². The molecule has 0 radical (unpaired) electrons. The number of halogens is 3. The second kappa shape index (κ2) is 7.31. The van der Waals surface area contributed by atoms with Gasteiger partial charge in [0.15, 0.2) is 0 Å². The Morgan fingerprint density at radius 2 is 1.79 bits per heavy atom. The topological polar surface area (TPSA) is 37.4 Å². The van der Waals surface area contributed by atoms with Gasteiger partial charge in [-0.05, 0) is 53.2 Å². The highest BCUT2D eigenvalue weighted by Crippen LogP contribution is 2.35. The second-order valence-corrected chi connectivity index (χ2v) is 7.81. The number of rotatable bonds is 3. The highest BCUT2D eigenvalue weighted by Gasteiger charge is 2.35. The van der Waals surface area contributed by atoms with Crippen molar-refractivity contribution < 1.29 is 9.59 Å². The van der Waals surface area contributed by atoms with Crippen LogP contribution in [0.25, 0.3) is 6.08 Å². The summed E-state index contributed by atoms with van der Waals surface area (Å²) in [6.45, 7) is 0.240. The van der Waals surface area contributed by atoms with Crippen LogP contribution in [-0.2, 0) is 11.3 Å². The molecule has 1 aliphatic rings. The van der Waals surface area contributed by atoms with Gasteiger partial charge in [-0.3, -0.25) is 14.5 Å². The number of carbonyl (C=O) groups excluding carboxylic acids is 2. The zero-order valence-electron chi connectivity index (χ0n) is 12.1. The first kappa shape index (κ1) is 17.5. The van der Waals surface area contributed by atoms with Gasteiger partial charge in [-0.2, -0.15) is 0 Å². The number of hydrogen-bond donors (Lipinski definition) is 0. The van der Waals surface area contributed by atoms with Crippen LogP contribution >= 0.6 is 50.9 Å². The number of thioether (sulfide) groups is 1. The molecule has 2 aromatic rings. The first-order valence-corrected chi connectivity index (χ1v) is 9.25. The maximum atomic E-state index is 12.5. The Bertz CT molecular complexity index is 852. The molecule has 1 heterocycles. The van der Waals surface area contributed by atoms with Crippen LogP contribution < -0.4 is 0 Å². The quantitative estimate of drug-likeness (QED) is 0.547. The number of carbonyl (C=O) groups is 2. The molecule has 1 aliphatic heterocycles. The molecule has 122 valence electrons. The Hall–Kier alpha value is -1.27. The van der Waals surface area contributed by atoms with Gasteiger partial charge in [-0.1, -0.05) is 57.3 Å². The predicted molar refractivity (Wildman–Crippen MR) is 102 cm³/mol. The molecule has 1 fully saturated rings. The highest BCUT2D eigenvalue weighted by molar-refractivity contribution is 9.10. The van der Waals surface area contributed by atoms with E-state index >= 15 is 0 Å². The van der Waals surface area contributed by atoms with Crippen LogP contribution in [0.15, 0.2) is 51.8 Å². The lowest BCUT2D eigenvalue weighted by molar-refractivity contribution is -0.123. The third-order valence-corrected chi connectivity index (χ3v) is 5.38. The summed E-state index contributed by atoms with van der Waals surface area (Å²) in [6, 6.07) is 12.5. The van der Waals surface area contributed by atoms with Crippen molar-refractivity contribution in [2.75, 3.05) is 0 Å². The molecular weight excluding hydrogens is 433 g/mol. The molecule has 2 amide bonds. The van der Waals surface area contributed by atoms with Crippen LogP contribution in [0.2, 0.25) is 10.0 Å². The van der Waals surface area contributed by atoms with Gasteiger partial charge in [0.25, 0.3) is 11.1 Å². The lowest BCUT2D eigenvalue weighted by Crippen LogP contribution is -2.27. The number of imide groups is 1. The minimum atomic E-state index is -0.320. The van der Waals surface area contributed by atoms with Crippen LogP contribution in [0, 0.1) is 0 Å². The summed E-state index contributed by atoms with van der Waals surface area (Å²) in [4.78, 5) is 26.2. The van der Waals surface area contributed by atoms with Crippen molar-refractivity contribution in [3.8, 4) is 0 Å². The molecule has 0 aliphatic carbocycles. The monoisotopic (exact) mass is 441 g/mol. The first-order chi connectivity index (χ1) is 11.4. The third kappa shape index (κ3) is 3.86. The van der Waals surface area contributed by atoms with Crippen molar-refractivity contribution in [3.05, 3.63) is 73.0 Å². The van der Waals surface area contributed by atoms with Gasteiger partial charge in [0.05, 0.1) is 11.4 Å². The fourth-order valence-electron chi connectivity index (χ4n) is 2.17. The molecule has 3 nitrogen and oxygen atoms in total. The van der Waals surface area contributed by atoms with Gasteiger partial charge in [0, 0.05) is 14.5 Å². The molecule has 3 rings (SSSR count). The van der Waals surface area contributed by atoms with Gasteiger partial charge in [-0.15, -0.1) is 0 Å². The van der Waals surface area contributed by atoms with Crippen molar-refractivity contribution in [3.63, 3.8) is 0 Å². The van der Waals surface area contributed by atoms with Crippen molar-refractivity contribution in [1.82, 2.24) is 4.90 Å². The summed E-state index contributed by atoms with van der Waals surface area (Å²) in [6.07, 6.45) is 1.62.